The zero-order valence-corrected chi connectivity index (χ0v) is 9.87. The number of nitrogens with zero attached hydrogens (tertiary/aromatic N) is 1. The topological polar surface area (TPSA) is 77.8 Å². The molecule has 0 aliphatic carbocycles. The molecule has 0 amide bonds. The van der Waals surface area contributed by atoms with Gasteiger partial charge in [0.1, 0.15) is 0 Å². The van der Waals surface area contributed by atoms with E-state index in [2.05, 4.69) is 13.2 Å². The molecule has 0 bridgehead atoms. The number of carbonyl (C=O) groups is 2. The molecule has 1 rings (SSSR count). The van der Waals surface area contributed by atoms with Crippen LogP contribution < -0.4 is 0 Å². The van der Waals surface area contributed by atoms with Crippen LogP contribution in [0.15, 0.2) is 49.2 Å². The first-order valence-electron chi connectivity index (χ1n) is 5.35. The molecule has 1 heterocycles. The fourth-order valence-corrected chi connectivity index (χ4v) is 2.03. The fraction of sp³-hybridized carbons (Fsp3) is 0.231. The van der Waals surface area contributed by atoms with E-state index in [1.807, 2.05) is 0 Å². The van der Waals surface area contributed by atoms with Crippen molar-refractivity contribution in [3.05, 3.63) is 49.2 Å². The summed E-state index contributed by atoms with van der Waals surface area (Å²) in [5.41, 5.74) is -1.81. The summed E-state index contributed by atoms with van der Waals surface area (Å²) in [6.45, 7) is 7.30. The second-order valence-electron chi connectivity index (χ2n) is 3.83. The third-order valence-corrected chi connectivity index (χ3v) is 2.81. The van der Waals surface area contributed by atoms with E-state index in [1.54, 1.807) is 6.20 Å². The van der Waals surface area contributed by atoms with E-state index in [9.17, 15) is 19.8 Å². The van der Waals surface area contributed by atoms with Crippen molar-refractivity contribution in [1.29, 1.82) is 0 Å². The minimum Gasteiger partial charge on any atom is -0.479 e. The van der Waals surface area contributed by atoms with E-state index >= 15 is 0 Å². The van der Waals surface area contributed by atoms with Crippen molar-refractivity contribution in [2.75, 3.05) is 6.54 Å². The summed E-state index contributed by atoms with van der Waals surface area (Å²) in [5.74, 6) is -2.47. The van der Waals surface area contributed by atoms with Crippen molar-refractivity contribution in [3.8, 4) is 0 Å². The Morgan fingerprint density at radius 2 is 2.00 bits per heavy atom. The molecular formula is C13H15NO4. The van der Waals surface area contributed by atoms with Gasteiger partial charge in [0, 0.05) is 19.2 Å². The highest BCUT2D eigenvalue weighted by Gasteiger charge is 2.49. The molecule has 0 fully saturated rings. The highest BCUT2D eigenvalue weighted by Crippen LogP contribution is 2.33. The van der Waals surface area contributed by atoms with Gasteiger partial charge in [-0.05, 0) is 12.2 Å². The summed E-state index contributed by atoms with van der Waals surface area (Å²) in [6, 6.07) is 0. The molecule has 1 unspecified atom stereocenters. The molecule has 1 aliphatic heterocycles. The van der Waals surface area contributed by atoms with Gasteiger partial charge in [-0.3, -0.25) is 0 Å². The standard InChI is InChI=1S/C13H15NO4/c1-3-7-13(12(17)18)10(11(15)16)6-5-9-14(13)8-4-2/h3-6,9H,1-2,7-8H2,(H,15,16)(H,17,18). The Labute approximate surface area is 105 Å². The first-order chi connectivity index (χ1) is 8.50. The average Bonchev–Trinajstić information content (AvgIpc) is 2.31. The summed E-state index contributed by atoms with van der Waals surface area (Å²) in [5, 5.41) is 18.7. The number of hydrogen-bond acceptors (Lipinski definition) is 3. The summed E-state index contributed by atoms with van der Waals surface area (Å²) >= 11 is 0. The lowest BCUT2D eigenvalue weighted by molar-refractivity contribution is -0.150. The van der Waals surface area contributed by atoms with Gasteiger partial charge in [-0.25, -0.2) is 9.59 Å². The van der Waals surface area contributed by atoms with E-state index in [1.165, 1.54) is 29.2 Å². The molecule has 0 spiro atoms. The Hall–Kier alpha value is -2.30. The second-order valence-corrected chi connectivity index (χ2v) is 3.83. The molecule has 1 atom stereocenters. The summed E-state index contributed by atoms with van der Waals surface area (Å²) in [6.07, 6.45) is 7.29. The van der Waals surface area contributed by atoms with Crippen LogP contribution in [0.2, 0.25) is 0 Å². The van der Waals surface area contributed by atoms with Crippen molar-refractivity contribution in [1.82, 2.24) is 4.90 Å². The quantitative estimate of drug-likeness (QED) is 0.696. The molecule has 1 aliphatic rings. The van der Waals surface area contributed by atoms with Gasteiger partial charge in [0.05, 0.1) is 5.57 Å². The second kappa shape index (κ2) is 5.35. The van der Waals surface area contributed by atoms with E-state index in [-0.39, 0.29) is 18.5 Å². The molecular weight excluding hydrogens is 234 g/mol. The SMILES string of the molecule is C=CCN1C=CC=C(C(=O)O)C1(CC=C)C(=O)O. The van der Waals surface area contributed by atoms with E-state index in [4.69, 9.17) is 0 Å². The first-order valence-corrected chi connectivity index (χ1v) is 5.35. The van der Waals surface area contributed by atoms with Crippen LogP contribution in [0.4, 0.5) is 0 Å². The Balaban J connectivity index is 3.40. The zero-order chi connectivity index (χ0) is 13.8. The maximum atomic E-state index is 11.6. The van der Waals surface area contributed by atoms with Gasteiger partial charge in [0.15, 0.2) is 5.54 Å². The number of allylic oxidation sites excluding steroid dienone is 2. The van der Waals surface area contributed by atoms with Gasteiger partial charge >= 0.3 is 11.9 Å². The van der Waals surface area contributed by atoms with Crippen LogP contribution in [0, 0.1) is 0 Å². The van der Waals surface area contributed by atoms with Crippen LogP contribution >= 0.6 is 0 Å². The minimum absolute atomic E-state index is 0.00134. The van der Waals surface area contributed by atoms with Crippen molar-refractivity contribution in [2.24, 2.45) is 0 Å². The predicted molar refractivity (Wildman–Crippen MR) is 66.9 cm³/mol. The Morgan fingerprint density at radius 3 is 2.44 bits per heavy atom. The van der Waals surface area contributed by atoms with Gasteiger partial charge in [-0.1, -0.05) is 12.2 Å². The van der Waals surface area contributed by atoms with Crippen molar-refractivity contribution in [2.45, 2.75) is 12.0 Å². The average molecular weight is 249 g/mol. The van der Waals surface area contributed by atoms with Crippen molar-refractivity contribution in [3.63, 3.8) is 0 Å². The Bertz CT molecular complexity index is 450. The molecule has 5 nitrogen and oxygen atoms in total. The molecule has 0 aromatic rings. The monoisotopic (exact) mass is 249 g/mol. The number of hydrogen-bond donors (Lipinski definition) is 2. The highest BCUT2D eigenvalue weighted by atomic mass is 16.4. The lowest BCUT2D eigenvalue weighted by atomic mass is 9.82. The molecule has 0 saturated heterocycles. The van der Waals surface area contributed by atoms with Crippen LogP contribution in [0.25, 0.3) is 0 Å². The molecule has 0 radical (unpaired) electrons. The van der Waals surface area contributed by atoms with Crippen molar-refractivity contribution < 1.29 is 19.8 Å². The largest absolute Gasteiger partial charge is 0.479 e. The fourth-order valence-electron chi connectivity index (χ4n) is 2.03. The molecule has 5 heteroatoms. The van der Waals surface area contributed by atoms with Gasteiger partial charge in [-0.2, -0.15) is 0 Å². The molecule has 18 heavy (non-hydrogen) atoms. The maximum absolute atomic E-state index is 11.6. The Morgan fingerprint density at radius 1 is 1.33 bits per heavy atom. The van der Waals surface area contributed by atoms with Crippen LogP contribution in [0.1, 0.15) is 6.42 Å². The lowest BCUT2D eigenvalue weighted by Crippen LogP contribution is -2.56. The predicted octanol–water partition coefficient (Wildman–Crippen LogP) is 1.41. The minimum atomic E-state index is -1.63. The number of rotatable bonds is 6. The van der Waals surface area contributed by atoms with E-state index in [0.717, 1.165) is 0 Å². The highest BCUT2D eigenvalue weighted by molar-refractivity contribution is 6.00. The number of carboxylic acid groups (broad SMARTS) is 2. The van der Waals surface area contributed by atoms with Crippen LogP contribution in [0.3, 0.4) is 0 Å². The first kappa shape index (κ1) is 13.8. The third kappa shape index (κ3) is 2.07. The summed E-state index contributed by atoms with van der Waals surface area (Å²) < 4.78 is 0. The van der Waals surface area contributed by atoms with Crippen molar-refractivity contribution >= 4 is 11.9 Å². The number of aliphatic carboxylic acids is 2. The van der Waals surface area contributed by atoms with Gasteiger partial charge in [0.25, 0.3) is 0 Å². The molecule has 0 aromatic carbocycles. The van der Waals surface area contributed by atoms with E-state index in [0.29, 0.717) is 0 Å². The summed E-state index contributed by atoms with van der Waals surface area (Å²) in [7, 11) is 0. The molecule has 2 N–H and O–H groups in total. The number of carboxylic acids is 2. The van der Waals surface area contributed by atoms with Crippen LogP contribution in [-0.2, 0) is 9.59 Å². The lowest BCUT2D eigenvalue weighted by Gasteiger charge is -2.41. The smallest absolute Gasteiger partial charge is 0.334 e. The van der Waals surface area contributed by atoms with Crippen LogP contribution in [0.5, 0.6) is 0 Å². The normalized spacial score (nSPS) is 22.2. The van der Waals surface area contributed by atoms with Gasteiger partial charge in [0.2, 0.25) is 0 Å². The van der Waals surface area contributed by atoms with Gasteiger partial charge < -0.3 is 15.1 Å². The molecule has 0 aromatic heterocycles. The van der Waals surface area contributed by atoms with E-state index < -0.39 is 17.5 Å². The molecule has 96 valence electrons. The zero-order valence-electron chi connectivity index (χ0n) is 9.87. The summed E-state index contributed by atoms with van der Waals surface area (Å²) in [4.78, 5) is 24.3. The Kier molecular flexibility index (Phi) is 4.09. The van der Waals surface area contributed by atoms with Gasteiger partial charge in [-0.15, -0.1) is 13.2 Å². The van der Waals surface area contributed by atoms with Crippen LogP contribution in [-0.4, -0.2) is 39.1 Å². The third-order valence-electron chi connectivity index (χ3n) is 2.81. The molecule has 0 saturated carbocycles. The maximum Gasteiger partial charge on any atom is 0.334 e.